The normalized spacial score (nSPS) is 23.9. The largest absolute Gasteiger partial charge is 0.379 e. The molecule has 0 radical (unpaired) electrons. The fourth-order valence-corrected chi connectivity index (χ4v) is 3.70. The molecule has 1 saturated heterocycles. The predicted molar refractivity (Wildman–Crippen MR) is 87.4 cm³/mol. The summed E-state index contributed by atoms with van der Waals surface area (Å²) in [5.74, 6) is 1.09. The Morgan fingerprint density at radius 2 is 2.29 bits per heavy atom. The Bertz CT molecular complexity index is 482. The Labute approximate surface area is 130 Å². The van der Waals surface area contributed by atoms with Crippen molar-refractivity contribution in [2.75, 3.05) is 52.5 Å². The van der Waals surface area contributed by atoms with Gasteiger partial charge in [-0.2, -0.15) is 0 Å². The number of aliphatic imine (C=N–C) groups is 1. The number of hydrogen-bond donors (Lipinski definition) is 2. The van der Waals surface area contributed by atoms with Crippen LogP contribution in [0.15, 0.2) is 17.1 Å². The number of hydrogen-bond acceptors (Lipinski definition) is 6. The molecule has 0 aliphatic carbocycles. The molecule has 2 aliphatic rings. The van der Waals surface area contributed by atoms with Gasteiger partial charge in [0.25, 0.3) is 0 Å². The first-order valence-corrected chi connectivity index (χ1v) is 8.52. The summed E-state index contributed by atoms with van der Waals surface area (Å²) >= 11 is 1.85. The number of thiophene rings is 1. The minimum Gasteiger partial charge on any atom is -0.379 e. The summed E-state index contributed by atoms with van der Waals surface area (Å²) < 4.78 is 5.38. The first-order valence-electron chi connectivity index (χ1n) is 7.71. The number of nitrogens with zero attached hydrogens (tertiary/aromatic N) is 2. The van der Waals surface area contributed by atoms with Crippen LogP contribution < -0.4 is 10.6 Å². The lowest BCUT2D eigenvalue weighted by Gasteiger charge is -2.28. The van der Waals surface area contributed by atoms with Gasteiger partial charge in [0.05, 0.1) is 25.8 Å². The number of nitrogens with one attached hydrogen (secondary N) is 2. The maximum absolute atomic E-state index is 5.38. The number of aryl methyl sites for hydroxylation is 1. The van der Waals surface area contributed by atoms with Gasteiger partial charge in [0.1, 0.15) is 5.84 Å². The molecule has 116 valence electrons. The predicted octanol–water partition coefficient (Wildman–Crippen LogP) is 1.02. The number of morpholine rings is 1. The Kier molecular flexibility index (Phi) is 5.24. The zero-order valence-electron chi connectivity index (χ0n) is 12.6. The monoisotopic (exact) mass is 308 g/mol. The van der Waals surface area contributed by atoms with E-state index in [1.54, 1.807) is 0 Å². The molecule has 0 spiro atoms. The molecular formula is C15H24N4OS. The number of ether oxygens (including phenoxy) is 1. The lowest BCUT2D eigenvalue weighted by molar-refractivity contribution is 0.0389. The van der Waals surface area contributed by atoms with Crippen molar-refractivity contribution in [3.8, 4) is 0 Å². The number of amidine groups is 1. The summed E-state index contributed by atoms with van der Waals surface area (Å²) in [5, 5.41) is 7.11. The molecule has 2 aliphatic heterocycles. The molecule has 1 unspecified atom stereocenters. The molecule has 1 fully saturated rings. The molecule has 1 atom stereocenters. The Morgan fingerprint density at radius 1 is 1.43 bits per heavy atom. The minimum atomic E-state index is 0.238. The maximum Gasteiger partial charge on any atom is 0.119 e. The third-order valence-corrected chi connectivity index (χ3v) is 4.96. The van der Waals surface area contributed by atoms with E-state index in [0.717, 1.165) is 58.3 Å². The van der Waals surface area contributed by atoms with Crippen molar-refractivity contribution in [1.29, 1.82) is 0 Å². The van der Waals surface area contributed by atoms with Crippen molar-refractivity contribution >= 4 is 17.2 Å². The molecule has 0 aromatic carbocycles. The van der Waals surface area contributed by atoms with Gasteiger partial charge < -0.3 is 15.4 Å². The molecule has 2 N–H and O–H groups in total. The Balaban J connectivity index is 1.53. The van der Waals surface area contributed by atoms with Gasteiger partial charge in [0, 0.05) is 42.5 Å². The van der Waals surface area contributed by atoms with Crippen LogP contribution in [0.5, 0.6) is 0 Å². The van der Waals surface area contributed by atoms with Crippen LogP contribution in [0, 0.1) is 6.92 Å². The van der Waals surface area contributed by atoms with Gasteiger partial charge in [-0.15, -0.1) is 11.3 Å². The standard InChI is InChI=1S/C15H24N4OS/c1-12-2-3-13(21-12)14-15(17-5-4-16-14)18-6-7-19-8-10-20-11-9-19/h2-3,14,16H,4-11H2,1H3,(H,17,18). The highest BCUT2D eigenvalue weighted by molar-refractivity contribution is 7.12. The van der Waals surface area contributed by atoms with Crippen molar-refractivity contribution < 1.29 is 4.74 Å². The van der Waals surface area contributed by atoms with Crippen molar-refractivity contribution in [3.05, 3.63) is 21.9 Å². The fourth-order valence-electron chi connectivity index (χ4n) is 2.74. The van der Waals surface area contributed by atoms with Crippen LogP contribution in [-0.2, 0) is 4.74 Å². The van der Waals surface area contributed by atoms with Gasteiger partial charge in [-0.05, 0) is 19.1 Å². The molecule has 0 amide bonds. The second-order valence-electron chi connectivity index (χ2n) is 5.48. The maximum atomic E-state index is 5.38. The molecular weight excluding hydrogens is 284 g/mol. The fraction of sp³-hybridized carbons (Fsp3) is 0.667. The van der Waals surface area contributed by atoms with Crippen LogP contribution in [0.1, 0.15) is 15.8 Å². The van der Waals surface area contributed by atoms with E-state index < -0.39 is 0 Å². The SMILES string of the molecule is Cc1ccc(C2NCCN=C2NCCN2CCOCC2)s1. The van der Waals surface area contributed by atoms with E-state index in [-0.39, 0.29) is 6.04 Å². The van der Waals surface area contributed by atoms with Crippen molar-refractivity contribution in [1.82, 2.24) is 15.5 Å². The third-order valence-electron chi connectivity index (χ3n) is 3.90. The minimum absolute atomic E-state index is 0.238. The zero-order valence-corrected chi connectivity index (χ0v) is 13.4. The van der Waals surface area contributed by atoms with E-state index in [9.17, 15) is 0 Å². The summed E-state index contributed by atoms with van der Waals surface area (Å²) in [6.45, 7) is 9.77. The Morgan fingerprint density at radius 3 is 3.05 bits per heavy atom. The zero-order chi connectivity index (χ0) is 14.5. The molecule has 1 aromatic rings. The highest BCUT2D eigenvalue weighted by Gasteiger charge is 2.22. The van der Waals surface area contributed by atoms with Gasteiger partial charge in [0.2, 0.25) is 0 Å². The van der Waals surface area contributed by atoms with Gasteiger partial charge in [-0.3, -0.25) is 9.89 Å². The summed E-state index contributed by atoms with van der Waals surface area (Å²) in [4.78, 5) is 9.83. The van der Waals surface area contributed by atoms with Crippen molar-refractivity contribution in [2.45, 2.75) is 13.0 Å². The van der Waals surface area contributed by atoms with Crippen LogP contribution in [0.3, 0.4) is 0 Å². The van der Waals surface area contributed by atoms with Crippen LogP contribution >= 0.6 is 11.3 Å². The van der Waals surface area contributed by atoms with E-state index in [2.05, 4.69) is 39.6 Å². The van der Waals surface area contributed by atoms with Crippen LogP contribution in [0.25, 0.3) is 0 Å². The van der Waals surface area contributed by atoms with Crippen LogP contribution in [-0.4, -0.2) is 63.2 Å². The van der Waals surface area contributed by atoms with Gasteiger partial charge in [0.15, 0.2) is 0 Å². The van der Waals surface area contributed by atoms with Crippen molar-refractivity contribution in [2.24, 2.45) is 4.99 Å². The average molecular weight is 308 g/mol. The molecule has 0 saturated carbocycles. The summed E-state index contributed by atoms with van der Waals surface area (Å²) in [6.07, 6.45) is 0. The molecule has 6 heteroatoms. The van der Waals surface area contributed by atoms with Crippen LogP contribution in [0.4, 0.5) is 0 Å². The van der Waals surface area contributed by atoms with E-state index >= 15 is 0 Å². The first kappa shape index (κ1) is 15.0. The van der Waals surface area contributed by atoms with E-state index in [1.165, 1.54) is 9.75 Å². The molecule has 0 bridgehead atoms. The smallest absolute Gasteiger partial charge is 0.119 e. The second-order valence-corrected chi connectivity index (χ2v) is 6.80. The molecule has 21 heavy (non-hydrogen) atoms. The quantitative estimate of drug-likeness (QED) is 0.872. The van der Waals surface area contributed by atoms with E-state index in [1.807, 2.05) is 11.3 Å². The lowest BCUT2D eigenvalue weighted by Crippen LogP contribution is -2.46. The summed E-state index contributed by atoms with van der Waals surface area (Å²) in [7, 11) is 0. The van der Waals surface area contributed by atoms with E-state index in [0.29, 0.717) is 0 Å². The summed E-state index contributed by atoms with van der Waals surface area (Å²) in [6, 6.07) is 4.63. The topological polar surface area (TPSA) is 48.9 Å². The summed E-state index contributed by atoms with van der Waals surface area (Å²) in [5.41, 5.74) is 0. The van der Waals surface area contributed by atoms with Crippen molar-refractivity contribution in [3.63, 3.8) is 0 Å². The van der Waals surface area contributed by atoms with Gasteiger partial charge in [-0.25, -0.2) is 0 Å². The highest BCUT2D eigenvalue weighted by atomic mass is 32.1. The van der Waals surface area contributed by atoms with E-state index in [4.69, 9.17) is 4.74 Å². The third kappa shape index (κ3) is 4.03. The lowest BCUT2D eigenvalue weighted by atomic mass is 10.2. The molecule has 1 aromatic heterocycles. The first-order chi connectivity index (χ1) is 10.3. The second kappa shape index (κ2) is 7.35. The highest BCUT2D eigenvalue weighted by Crippen LogP contribution is 2.24. The molecule has 3 rings (SSSR count). The molecule has 3 heterocycles. The van der Waals surface area contributed by atoms with Gasteiger partial charge >= 0.3 is 0 Å². The average Bonchev–Trinajstić information content (AvgIpc) is 2.95. The molecule has 5 nitrogen and oxygen atoms in total. The van der Waals surface area contributed by atoms with Gasteiger partial charge in [-0.1, -0.05) is 0 Å². The Hall–Kier alpha value is -0.950. The van der Waals surface area contributed by atoms with Crippen LogP contribution in [0.2, 0.25) is 0 Å². The number of rotatable bonds is 4.